The minimum absolute atomic E-state index is 1.04. The monoisotopic (exact) mass is 739 g/mol. The molecule has 8 nitrogen and oxygen atoms in total. The fourth-order valence-corrected chi connectivity index (χ4v) is 6.51. The Balaban J connectivity index is 0.000000865. The van der Waals surface area contributed by atoms with Gasteiger partial charge in [0.05, 0.1) is 26.2 Å². The number of nitrogens with zero attached hydrogens (tertiary/aromatic N) is 2. The lowest BCUT2D eigenvalue weighted by atomic mass is 10.1. The molecule has 9 heteroatoms. The van der Waals surface area contributed by atoms with Crippen LogP contribution in [0, 0.1) is 0 Å². The third-order valence-corrected chi connectivity index (χ3v) is 9.69. The van der Waals surface area contributed by atoms with Crippen LogP contribution in [0.4, 0.5) is 0 Å². The lowest BCUT2D eigenvalue weighted by molar-refractivity contribution is -0.791. The minimum Gasteiger partial charge on any atom is -0.759 e. The number of allylic oxidation sites excluding steroid dienone is 4. The van der Waals surface area contributed by atoms with E-state index in [1.807, 2.05) is 0 Å². The predicted octanol–water partition coefficient (Wildman–Crippen LogP) is 8.56. The SMILES string of the molecule is CCCCCCCC/C=C\CCCCCCCC[NH+]1C=NCC1.CCCCCCCC/C=C\CCCCCCCC[NH+]1C=NCC1.O=S(=O)([O-])[O-]. The van der Waals surface area contributed by atoms with Crippen molar-refractivity contribution in [1.29, 1.82) is 0 Å². The van der Waals surface area contributed by atoms with Crippen LogP contribution >= 0.6 is 0 Å². The molecule has 0 aromatic rings. The summed E-state index contributed by atoms with van der Waals surface area (Å²) in [5.41, 5.74) is 0. The summed E-state index contributed by atoms with van der Waals surface area (Å²) in [4.78, 5) is 11.7. The number of hydrogen-bond acceptors (Lipinski definition) is 6. The van der Waals surface area contributed by atoms with E-state index in [-0.39, 0.29) is 0 Å². The first-order chi connectivity index (χ1) is 24.9. The Bertz CT molecular complexity index is 871. The van der Waals surface area contributed by atoms with Crippen LogP contribution in [0.1, 0.15) is 194 Å². The second-order valence-corrected chi connectivity index (χ2v) is 15.5. The van der Waals surface area contributed by atoms with E-state index in [1.54, 1.807) is 9.80 Å². The largest absolute Gasteiger partial charge is 0.759 e. The maximum Gasteiger partial charge on any atom is 0.183 e. The molecule has 51 heavy (non-hydrogen) atoms. The van der Waals surface area contributed by atoms with Gasteiger partial charge in [0.1, 0.15) is 13.1 Å². The van der Waals surface area contributed by atoms with Crippen LogP contribution in [0.15, 0.2) is 34.3 Å². The van der Waals surface area contributed by atoms with Gasteiger partial charge in [-0.25, -0.2) is 9.98 Å². The van der Waals surface area contributed by atoms with Crippen LogP contribution in [-0.2, 0) is 10.4 Å². The van der Waals surface area contributed by atoms with Crippen molar-refractivity contribution in [3.05, 3.63) is 24.3 Å². The normalized spacial score (nSPS) is 16.9. The Kier molecular flexibility index (Phi) is 38.7. The average molecular weight is 739 g/mol. The summed E-state index contributed by atoms with van der Waals surface area (Å²) in [6, 6.07) is 0. The van der Waals surface area contributed by atoms with Gasteiger partial charge >= 0.3 is 0 Å². The molecule has 2 unspecified atom stereocenters. The van der Waals surface area contributed by atoms with E-state index >= 15 is 0 Å². The van der Waals surface area contributed by atoms with Crippen LogP contribution in [0.5, 0.6) is 0 Å². The average Bonchev–Trinajstić information content (AvgIpc) is 3.83. The summed E-state index contributed by atoms with van der Waals surface area (Å²) >= 11 is 0. The molecule has 0 saturated carbocycles. The first kappa shape index (κ1) is 49.6. The van der Waals surface area contributed by atoms with Crippen LogP contribution in [0.3, 0.4) is 0 Å². The smallest absolute Gasteiger partial charge is 0.183 e. The van der Waals surface area contributed by atoms with Crippen molar-refractivity contribution in [2.24, 2.45) is 9.98 Å². The lowest BCUT2D eigenvalue weighted by Crippen LogP contribution is -3.09. The number of aliphatic imine (C=N–C) groups is 2. The first-order valence-corrected chi connectivity index (χ1v) is 22.9. The Morgan fingerprint density at radius 1 is 0.471 bits per heavy atom. The molecule has 0 amide bonds. The maximum absolute atomic E-state index is 8.52. The highest BCUT2D eigenvalue weighted by Crippen LogP contribution is 2.11. The Morgan fingerprint density at radius 2 is 0.725 bits per heavy atom. The van der Waals surface area contributed by atoms with Crippen molar-refractivity contribution in [1.82, 2.24) is 0 Å². The molecule has 2 N–H and O–H groups in total. The van der Waals surface area contributed by atoms with Crippen LogP contribution < -0.4 is 9.80 Å². The van der Waals surface area contributed by atoms with Gasteiger partial charge in [-0.2, -0.15) is 0 Å². The van der Waals surface area contributed by atoms with Crippen LogP contribution in [0.25, 0.3) is 0 Å². The van der Waals surface area contributed by atoms with E-state index in [0.29, 0.717) is 0 Å². The number of quaternary nitrogens is 2. The van der Waals surface area contributed by atoms with Gasteiger partial charge in [-0.1, -0.05) is 141 Å². The number of hydrogen-bond donors (Lipinski definition) is 2. The van der Waals surface area contributed by atoms with E-state index in [0.717, 1.165) is 13.1 Å². The second kappa shape index (κ2) is 39.8. The molecule has 2 aliphatic rings. The predicted molar refractivity (Wildman–Crippen MR) is 217 cm³/mol. The highest BCUT2D eigenvalue weighted by molar-refractivity contribution is 7.79. The number of nitrogens with one attached hydrogen (secondary N) is 2. The minimum atomic E-state index is -5.17. The zero-order valence-electron chi connectivity index (χ0n) is 33.4. The standard InChI is InChI=1S/2C21H40N2.H2O4S/c2*1-2-3-4-5-6-7-8-9-10-11-12-13-14-15-16-17-19-23-20-18-22-21-23;1-5(2,3)4/h2*9-10,21H,2-8,11-20H2,1H3;(H2,1,2,3,4)/b2*10-9-;. The number of unbranched alkanes of at least 4 members (excludes halogenated alkanes) is 24. The van der Waals surface area contributed by atoms with Crippen LogP contribution in [0.2, 0.25) is 0 Å². The van der Waals surface area contributed by atoms with Gasteiger partial charge in [0, 0.05) is 10.4 Å². The van der Waals surface area contributed by atoms with Gasteiger partial charge in [-0.05, 0) is 77.0 Å². The summed E-state index contributed by atoms with van der Waals surface area (Å²) in [5.74, 6) is 0. The molecule has 0 saturated heterocycles. The molecule has 0 bridgehead atoms. The topological polar surface area (TPSA) is 114 Å². The Morgan fingerprint density at radius 3 is 0.980 bits per heavy atom. The summed E-state index contributed by atoms with van der Waals surface area (Å²) < 4.78 is 34.1. The molecule has 2 rings (SSSR count). The summed E-state index contributed by atoms with van der Waals surface area (Å²) in [7, 11) is -5.17. The number of rotatable bonds is 32. The molecule has 2 atom stereocenters. The van der Waals surface area contributed by atoms with Crippen molar-refractivity contribution in [3.8, 4) is 0 Å². The van der Waals surface area contributed by atoms with Gasteiger partial charge in [0.25, 0.3) is 0 Å². The molecule has 0 fully saturated rings. The fraction of sp³-hybridized carbons (Fsp3) is 0.857. The van der Waals surface area contributed by atoms with Gasteiger partial charge in [0.2, 0.25) is 0 Å². The zero-order valence-corrected chi connectivity index (χ0v) is 34.3. The zero-order chi connectivity index (χ0) is 37.4. The first-order valence-electron chi connectivity index (χ1n) is 21.5. The molecular formula is C42H82N4O4S. The van der Waals surface area contributed by atoms with E-state index in [2.05, 4.69) is 60.8 Å². The highest BCUT2D eigenvalue weighted by Gasteiger charge is 2.10. The van der Waals surface area contributed by atoms with Crippen molar-refractivity contribution in [2.75, 3.05) is 39.3 Å². The molecule has 2 heterocycles. The van der Waals surface area contributed by atoms with Gasteiger partial charge in [-0.15, -0.1) is 0 Å². The molecule has 0 aromatic carbocycles. The van der Waals surface area contributed by atoms with E-state index in [1.165, 1.54) is 206 Å². The quantitative estimate of drug-likeness (QED) is 0.0312. The van der Waals surface area contributed by atoms with E-state index in [4.69, 9.17) is 17.5 Å². The summed E-state index contributed by atoms with van der Waals surface area (Å²) in [6.07, 6.45) is 52.9. The molecule has 0 spiro atoms. The summed E-state index contributed by atoms with van der Waals surface area (Å²) in [5, 5.41) is 0. The maximum atomic E-state index is 8.52. The van der Waals surface area contributed by atoms with Gasteiger partial charge in [-0.3, -0.25) is 18.2 Å². The van der Waals surface area contributed by atoms with E-state index < -0.39 is 10.4 Å². The molecule has 300 valence electrons. The molecule has 0 radical (unpaired) electrons. The Labute approximate surface area is 316 Å². The van der Waals surface area contributed by atoms with Crippen molar-refractivity contribution in [2.45, 2.75) is 194 Å². The summed E-state index contributed by atoms with van der Waals surface area (Å²) in [6.45, 7) is 11.7. The van der Waals surface area contributed by atoms with Crippen molar-refractivity contribution >= 4 is 23.1 Å². The molecular weight excluding hydrogens is 657 g/mol. The molecule has 0 aromatic heterocycles. The fourth-order valence-electron chi connectivity index (χ4n) is 6.51. The third-order valence-electron chi connectivity index (χ3n) is 9.69. The van der Waals surface area contributed by atoms with Crippen LogP contribution in [-0.4, -0.2) is 69.5 Å². The Hall–Kier alpha value is -1.39. The molecule has 2 aliphatic heterocycles. The lowest BCUT2D eigenvalue weighted by Gasteiger charge is -2.07. The third kappa shape index (κ3) is 44.7. The molecule has 0 aliphatic carbocycles. The van der Waals surface area contributed by atoms with Gasteiger partial charge < -0.3 is 9.11 Å². The van der Waals surface area contributed by atoms with Gasteiger partial charge in [0.15, 0.2) is 12.7 Å². The van der Waals surface area contributed by atoms with E-state index in [9.17, 15) is 0 Å². The van der Waals surface area contributed by atoms with Crippen molar-refractivity contribution in [3.63, 3.8) is 0 Å². The second-order valence-electron chi connectivity index (χ2n) is 14.7. The van der Waals surface area contributed by atoms with Crippen molar-refractivity contribution < 1.29 is 27.3 Å². The highest BCUT2D eigenvalue weighted by atomic mass is 32.3.